The van der Waals surface area contributed by atoms with Crippen LogP contribution in [-0.4, -0.2) is 29.2 Å². The first-order chi connectivity index (χ1) is 7.25. The number of halogens is 1. The molecular weight excluding hydrogens is 258 g/mol. The smallest absolute Gasteiger partial charge is 0.222 e. The Kier molecular flexibility index (Phi) is 3.53. The summed E-state index contributed by atoms with van der Waals surface area (Å²) in [6.07, 6.45) is 4.94. The summed E-state index contributed by atoms with van der Waals surface area (Å²) in [5.74, 6) is 1.24. The van der Waals surface area contributed by atoms with Crippen molar-refractivity contribution in [2.75, 3.05) is 18.5 Å². The van der Waals surface area contributed by atoms with Crippen molar-refractivity contribution in [3.8, 4) is 0 Å². The van der Waals surface area contributed by atoms with E-state index in [4.69, 9.17) is 4.74 Å². The van der Waals surface area contributed by atoms with Gasteiger partial charge in [-0.25, -0.2) is 9.97 Å². The second-order valence-electron chi connectivity index (χ2n) is 3.73. The van der Waals surface area contributed by atoms with Crippen LogP contribution in [0.1, 0.15) is 13.3 Å². The monoisotopic (exact) mass is 271 g/mol. The van der Waals surface area contributed by atoms with Gasteiger partial charge < -0.3 is 10.1 Å². The molecule has 0 amide bonds. The zero-order valence-corrected chi connectivity index (χ0v) is 10.2. The van der Waals surface area contributed by atoms with Gasteiger partial charge in [-0.1, -0.05) is 0 Å². The summed E-state index contributed by atoms with van der Waals surface area (Å²) in [5, 5.41) is 3.22. The van der Waals surface area contributed by atoms with E-state index in [-0.39, 0.29) is 0 Å². The average Bonchev–Trinajstić information content (AvgIpc) is 2.63. The highest BCUT2D eigenvalue weighted by Gasteiger charge is 2.23. The summed E-state index contributed by atoms with van der Waals surface area (Å²) in [5.41, 5.74) is 0. The molecule has 15 heavy (non-hydrogen) atoms. The molecule has 2 atom stereocenters. The summed E-state index contributed by atoms with van der Waals surface area (Å²) in [6.45, 7) is 3.86. The maximum atomic E-state index is 5.48. The lowest BCUT2D eigenvalue weighted by atomic mass is 10.0. The Morgan fingerprint density at radius 3 is 2.87 bits per heavy atom. The number of hydrogen-bond acceptors (Lipinski definition) is 4. The average molecular weight is 272 g/mol. The highest BCUT2D eigenvalue weighted by Crippen LogP contribution is 2.20. The fourth-order valence-electron chi connectivity index (χ4n) is 1.67. The van der Waals surface area contributed by atoms with Crippen LogP contribution >= 0.6 is 15.9 Å². The van der Waals surface area contributed by atoms with Gasteiger partial charge in [-0.3, -0.25) is 0 Å². The molecule has 0 saturated carbocycles. The van der Waals surface area contributed by atoms with Gasteiger partial charge in [-0.2, -0.15) is 0 Å². The Balaban J connectivity index is 1.85. The molecule has 1 aromatic heterocycles. The number of ether oxygens (including phenoxy) is 1. The second kappa shape index (κ2) is 4.90. The van der Waals surface area contributed by atoms with Crippen molar-refractivity contribution in [1.29, 1.82) is 0 Å². The van der Waals surface area contributed by atoms with Crippen LogP contribution in [-0.2, 0) is 4.74 Å². The largest absolute Gasteiger partial charge is 0.378 e. The first-order valence-electron chi connectivity index (χ1n) is 5.09. The van der Waals surface area contributed by atoms with E-state index in [1.54, 1.807) is 12.4 Å². The van der Waals surface area contributed by atoms with E-state index in [1.165, 1.54) is 0 Å². The molecule has 0 aromatic carbocycles. The third kappa shape index (κ3) is 2.89. The van der Waals surface area contributed by atoms with Crippen molar-refractivity contribution in [1.82, 2.24) is 9.97 Å². The molecule has 4 nitrogen and oxygen atoms in total. The first kappa shape index (κ1) is 10.8. The van der Waals surface area contributed by atoms with Crippen molar-refractivity contribution in [3.05, 3.63) is 16.9 Å². The molecule has 2 unspecified atom stereocenters. The number of aromatic nitrogens is 2. The van der Waals surface area contributed by atoms with Crippen LogP contribution in [0.2, 0.25) is 0 Å². The molecule has 0 bridgehead atoms. The van der Waals surface area contributed by atoms with E-state index < -0.39 is 0 Å². The first-order valence-corrected chi connectivity index (χ1v) is 5.88. The van der Waals surface area contributed by atoms with Crippen molar-refractivity contribution in [3.63, 3.8) is 0 Å². The van der Waals surface area contributed by atoms with E-state index in [0.29, 0.717) is 18.0 Å². The van der Waals surface area contributed by atoms with Gasteiger partial charge >= 0.3 is 0 Å². The summed E-state index contributed by atoms with van der Waals surface area (Å²) in [7, 11) is 0. The van der Waals surface area contributed by atoms with Crippen LogP contribution in [0.15, 0.2) is 16.9 Å². The third-order valence-corrected chi connectivity index (χ3v) is 3.09. The molecule has 1 saturated heterocycles. The van der Waals surface area contributed by atoms with E-state index in [1.807, 2.05) is 0 Å². The van der Waals surface area contributed by atoms with Crippen LogP contribution in [0.4, 0.5) is 5.95 Å². The van der Waals surface area contributed by atoms with Crippen molar-refractivity contribution in [2.24, 2.45) is 5.92 Å². The van der Waals surface area contributed by atoms with Crippen molar-refractivity contribution < 1.29 is 4.74 Å². The standard InChI is InChI=1S/C10H14BrN3O/c1-7-8(2-3-15-7)4-12-10-13-5-9(11)6-14-10/h5-8H,2-4H2,1H3,(H,12,13,14). The SMILES string of the molecule is CC1OCCC1CNc1ncc(Br)cn1. The van der Waals surface area contributed by atoms with Gasteiger partial charge in [-0.05, 0) is 29.3 Å². The molecule has 0 spiro atoms. The molecule has 2 heterocycles. The maximum Gasteiger partial charge on any atom is 0.222 e. The van der Waals surface area contributed by atoms with E-state index in [2.05, 4.69) is 38.1 Å². The fraction of sp³-hybridized carbons (Fsp3) is 0.600. The summed E-state index contributed by atoms with van der Waals surface area (Å²) in [4.78, 5) is 8.31. The van der Waals surface area contributed by atoms with E-state index >= 15 is 0 Å². The van der Waals surface area contributed by atoms with Crippen LogP contribution in [0.3, 0.4) is 0 Å². The minimum Gasteiger partial charge on any atom is -0.378 e. The van der Waals surface area contributed by atoms with Gasteiger partial charge in [0.25, 0.3) is 0 Å². The van der Waals surface area contributed by atoms with Gasteiger partial charge in [0.1, 0.15) is 0 Å². The van der Waals surface area contributed by atoms with Gasteiger partial charge in [0.2, 0.25) is 5.95 Å². The highest BCUT2D eigenvalue weighted by atomic mass is 79.9. The molecule has 5 heteroatoms. The molecule has 82 valence electrons. The summed E-state index contributed by atoms with van der Waals surface area (Å²) >= 11 is 3.30. The molecular formula is C10H14BrN3O. The molecule has 1 aliphatic rings. The fourth-order valence-corrected chi connectivity index (χ4v) is 1.87. The lowest BCUT2D eigenvalue weighted by molar-refractivity contribution is 0.108. The van der Waals surface area contributed by atoms with Crippen LogP contribution in [0.5, 0.6) is 0 Å². The minimum atomic E-state index is 0.341. The Hall–Kier alpha value is -0.680. The third-order valence-electron chi connectivity index (χ3n) is 2.68. The Morgan fingerprint density at radius 1 is 1.53 bits per heavy atom. The zero-order chi connectivity index (χ0) is 10.7. The lowest BCUT2D eigenvalue weighted by Gasteiger charge is -2.14. The number of nitrogens with zero attached hydrogens (tertiary/aromatic N) is 2. The van der Waals surface area contributed by atoms with Crippen LogP contribution in [0, 0.1) is 5.92 Å². The molecule has 0 radical (unpaired) electrons. The lowest BCUT2D eigenvalue weighted by Crippen LogP contribution is -2.21. The quantitative estimate of drug-likeness (QED) is 0.915. The molecule has 1 aromatic rings. The summed E-state index contributed by atoms with van der Waals surface area (Å²) < 4.78 is 6.38. The molecule has 1 fully saturated rings. The molecule has 1 N–H and O–H groups in total. The highest BCUT2D eigenvalue weighted by molar-refractivity contribution is 9.10. The normalized spacial score (nSPS) is 25.5. The van der Waals surface area contributed by atoms with E-state index in [0.717, 1.165) is 24.0 Å². The predicted molar refractivity (Wildman–Crippen MR) is 61.7 cm³/mol. The van der Waals surface area contributed by atoms with Crippen LogP contribution < -0.4 is 5.32 Å². The van der Waals surface area contributed by atoms with Gasteiger partial charge in [0, 0.05) is 31.5 Å². The molecule has 2 rings (SSSR count). The Labute approximate surface area is 97.6 Å². The summed E-state index contributed by atoms with van der Waals surface area (Å²) in [6, 6.07) is 0. The Bertz CT molecular complexity index is 317. The predicted octanol–water partition coefficient (Wildman–Crippen LogP) is 2.08. The molecule has 1 aliphatic heterocycles. The number of hydrogen-bond donors (Lipinski definition) is 1. The topological polar surface area (TPSA) is 47.0 Å². The van der Waals surface area contributed by atoms with Gasteiger partial charge in [0.05, 0.1) is 10.6 Å². The van der Waals surface area contributed by atoms with E-state index in [9.17, 15) is 0 Å². The number of anilines is 1. The second-order valence-corrected chi connectivity index (χ2v) is 4.65. The number of rotatable bonds is 3. The molecule has 0 aliphatic carbocycles. The van der Waals surface area contributed by atoms with Crippen molar-refractivity contribution >= 4 is 21.9 Å². The van der Waals surface area contributed by atoms with Gasteiger partial charge in [0.15, 0.2) is 0 Å². The van der Waals surface area contributed by atoms with Crippen molar-refractivity contribution in [2.45, 2.75) is 19.4 Å². The number of nitrogens with one attached hydrogen (secondary N) is 1. The van der Waals surface area contributed by atoms with Crippen LogP contribution in [0.25, 0.3) is 0 Å². The van der Waals surface area contributed by atoms with Gasteiger partial charge in [-0.15, -0.1) is 0 Å². The minimum absolute atomic E-state index is 0.341. The maximum absolute atomic E-state index is 5.48. The Morgan fingerprint density at radius 2 is 2.27 bits per heavy atom. The zero-order valence-electron chi connectivity index (χ0n) is 8.61.